The van der Waals surface area contributed by atoms with Crippen LogP contribution in [0.2, 0.25) is 0 Å². The van der Waals surface area contributed by atoms with E-state index in [1.165, 1.54) is 36.9 Å². The van der Waals surface area contributed by atoms with Crippen LogP contribution >= 0.6 is 0 Å². The summed E-state index contributed by atoms with van der Waals surface area (Å²) in [6.45, 7) is 2.96. The molecule has 1 fully saturated rings. The molecule has 2 heteroatoms. The number of hydrogen-bond donors (Lipinski definition) is 1. The van der Waals surface area contributed by atoms with E-state index in [0.29, 0.717) is 12.6 Å². The highest BCUT2D eigenvalue weighted by Gasteiger charge is 2.20. The predicted octanol–water partition coefficient (Wildman–Crippen LogP) is 3.82. The minimum atomic E-state index is 0.554. The Hall–Kier alpha value is -1.02. The molecular weight excluding hydrogens is 210 g/mol. The van der Waals surface area contributed by atoms with Crippen LogP contribution in [0.25, 0.3) is 0 Å². The second kappa shape index (κ2) is 6.06. The second-order valence-electron chi connectivity index (χ2n) is 5.17. The predicted molar refractivity (Wildman–Crippen MR) is 72.2 cm³/mol. The summed E-state index contributed by atoms with van der Waals surface area (Å²) in [6, 6.07) is 8.97. The zero-order valence-corrected chi connectivity index (χ0v) is 10.9. The van der Waals surface area contributed by atoms with Gasteiger partial charge in [-0.2, -0.15) is 0 Å². The van der Waals surface area contributed by atoms with Gasteiger partial charge in [-0.15, -0.1) is 0 Å². The number of ether oxygens (including phenoxy) is 1. The monoisotopic (exact) mass is 233 g/mol. The maximum Gasteiger partial charge on any atom is 0.0733 e. The van der Waals surface area contributed by atoms with Crippen molar-refractivity contribution in [2.24, 2.45) is 5.92 Å². The van der Waals surface area contributed by atoms with Gasteiger partial charge in [0.15, 0.2) is 0 Å². The molecule has 0 aliphatic heterocycles. The van der Waals surface area contributed by atoms with Crippen molar-refractivity contribution in [2.75, 3.05) is 12.4 Å². The molecule has 2 rings (SSSR count). The van der Waals surface area contributed by atoms with Gasteiger partial charge in [0.25, 0.3) is 0 Å². The Morgan fingerprint density at radius 1 is 1.35 bits per heavy atom. The second-order valence-corrected chi connectivity index (χ2v) is 5.17. The molecule has 0 bridgehead atoms. The van der Waals surface area contributed by atoms with Crippen LogP contribution < -0.4 is 5.32 Å². The highest BCUT2D eigenvalue weighted by Crippen LogP contribution is 2.31. The van der Waals surface area contributed by atoms with Crippen LogP contribution in [0.1, 0.15) is 38.2 Å². The summed E-state index contributed by atoms with van der Waals surface area (Å²) in [4.78, 5) is 0. The lowest BCUT2D eigenvalue weighted by molar-refractivity contribution is 0.185. The number of benzene rings is 1. The van der Waals surface area contributed by atoms with Gasteiger partial charge in [-0.1, -0.05) is 37.5 Å². The Balaban J connectivity index is 1.91. The quantitative estimate of drug-likeness (QED) is 0.806. The lowest BCUT2D eigenvalue weighted by Gasteiger charge is -2.29. The number of anilines is 1. The van der Waals surface area contributed by atoms with E-state index in [2.05, 4.69) is 36.5 Å². The fourth-order valence-corrected chi connectivity index (χ4v) is 2.50. The molecule has 1 aromatic carbocycles. The lowest BCUT2D eigenvalue weighted by Crippen LogP contribution is -2.23. The third-order valence-electron chi connectivity index (χ3n) is 3.63. The lowest BCUT2D eigenvalue weighted by atomic mass is 9.81. The fraction of sp³-hybridized carbons (Fsp3) is 0.600. The molecule has 1 atom stereocenters. The van der Waals surface area contributed by atoms with Crippen molar-refractivity contribution < 1.29 is 4.74 Å². The van der Waals surface area contributed by atoms with Gasteiger partial charge >= 0.3 is 0 Å². The molecule has 1 N–H and O–H groups in total. The van der Waals surface area contributed by atoms with Crippen molar-refractivity contribution in [3.05, 3.63) is 29.8 Å². The normalized spacial score (nSPS) is 17.5. The van der Waals surface area contributed by atoms with E-state index in [4.69, 9.17) is 4.74 Å². The summed E-state index contributed by atoms with van der Waals surface area (Å²) >= 11 is 0. The molecule has 0 amide bonds. The molecule has 2 nitrogen and oxygen atoms in total. The van der Waals surface area contributed by atoms with Crippen LogP contribution in [0.3, 0.4) is 0 Å². The minimum Gasteiger partial charge on any atom is -0.382 e. The molecule has 1 unspecified atom stereocenters. The smallest absolute Gasteiger partial charge is 0.0733 e. The molecule has 1 aromatic rings. The average Bonchev–Trinajstić information content (AvgIpc) is 2.27. The number of hydrogen-bond acceptors (Lipinski definition) is 2. The van der Waals surface area contributed by atoms with Crippen LogP contribution in [0.5, 0.6) is 0 Å². The van der Waals surface area contributed by atoms with Crippen molar-refractivity contribution in [3.8, 4) is 0 Å². The van der Waals surface area contributed by atoms with Crippen molar-refractivity contribution in [1.29, 1.82) is 0 Å². The third-order valence-corrected chi connectivity index (χ3v) is 3.63. The van der Waals surface area contributed by atoms with E-state index in [1.54, 1.807) is 7.11 Å². The molecule has 0 spiro atoms. The highest BCUT2D eigenvalue weighted by molar-refractivity contribution is 5.51. The fourth-order valence-electron chi connectivity index (χ4n) is 2.50. The molecule has 1 aliphatic rings. The van der Waals surface area contributed by atoms with Crippen LogP contribution in [0.4, 0.5) is 5.69 Å². The Kier molecular flexibility index (Phi) is 4.43. The van der Waals surface area contributed by atoms with Crippen LogP contribution in [-0.4, -0.2) is 13.2 Å². The van der Waals surface area contributed by atoms with Crippen molar-refractivity contribution >= 4 is 5.69 Å². The van der Waals surface area contributed by atoms with Gasteiger partial charge in [0.1, 0.15) is 0 Å². The zero-order valence-electron chi connectivity index (χ0n) is 10.9. The number of rotatable bonds is 6. The summed E-state index contributed by atoms with van der Waals surface area (Å²) in [7, 11) is 1.74. The molecule has 0 saturated heterocycles. The van der Waals surface area contributed by atoms with E-state index in [1.807, 2.05) is 0 Å². The zero-order chi connectivity index (χ0) is 12.1. The van der Waals surface area contributed by atoms with Crippen LogP contribution in [0.15, 0.2) is 24.3 Å². The molecule has 0 aromatic heterocycles. The molecule has 17 heavy (non-hydrogen) atoms. The Morgan fingerprint density at radius 2 is 2.12 bits per heavy atom. The number of para-hydroxylation sites is 1. The maximum atomic E-state index is 5.22. The van der Waals surface area contributed by atoms with E-state index >= 15 is 0 Å². The van der Waals surface area contributed by atoms with E-state index in [-0.39, 0.29) is 0 Å². The first-order valence-corrected chi connectivity index (χ1v) is 6.63. The van der Waals surface area contributed by atoms with E-state index < -0.39 is 0 Å². The van der Waals surface area contributed by atoms with Crippen molar-refractivity contribution in [3.63, 3.8) is 0 Å². The Labute approximate surface area is 104 Å². The maximum absolute atomic E-state index is 5.22. The molecule has 0 radical (unpaired) electrons. The summed E-state index contributed by atoms with van der Waals surface area (Å²) in [5.41, 5.74) is 2.47. The standard InChI is InChI=1S/C15H23NO/c1-12(10-13-6-5-7-13)16-15-9-4-3-8-14(15)11-17-2/h3-4,8-9,12-13,16H,5-7,10-11H2,1-2H3. The summed E-state index contributed by atoms with van der Waals surface area (Å²) in [6.07, 6.45) is 5.57. The molecule has 94 valence electrons. The first kappa shape index (κ1) is 12.4. The molecule has 1 aliphatic carbocycles. The van der Waals surface area contributed by atoms with Gasteiger partial charge in [0.05, 0.1) is 6.61 Å². The highest BCUT2D eigenvalue weighted by atomic mass is 16.5. The Bertz CT molecular complexity index is 347. The van der Waals surface area contributed by atoms with Gasteiger partial charge < -0.3 is 10.1 Å². The summed E-state index contributed by atoms with van der Waals surface area (Å²) in [5.74, 6) is 0.951. The third kappa shape index (κ3) is 3.47. The Morgan fingerprint density at radius 3 is 2.76 bits per heavy atom. The first-order chi connectivity index (χ1) is 8.29. The van der Waals surface area contributed by atoms with E-state index in [9.17, 15) is 0 Å². The van der Waals surface area contributed by atoms with Crippen LogP contribution in [0, 0.1) is 5.92 Å². The van der Waals surface area contributed by atoms with Crippen molar-refractivity contribution in [2.45, 2.75) is 45.3 Å². The van der Waals surface area contributed by atoms with Gasteiger partial charge in [-0.05, 0) is 25.3 Å². The van der Waals surface area contributed by atoms with Gasteiger partial charge in [0, 0.05) is 24.4 Å². The van der Waals surface area contributed by atoms with Crippen molar-refractivity contribution in [1.82, 2.24) is 0 Å². The largest absolute Gasteiger partial charge is 0.382 e. The average molecular weight is 233 g/mol. The summed E-state index contributed by atoms with van der Waals surface area (Å²) < 4.78 is 5.22. The van der Waals surface area contributed by atoms with Crippen LogP contribution in [-0.2, 0) is 11.3 Å². The minimum absolute atomic E-state index is 0.554. The number of nitrogens with one attached hydrogen (secondary N) is 1. The van der Waals surface area contributed by atoms with Gasteiger partial charge in [0.2, 0.25) is 0 Å². The molecule has 1 saturated carbocycles. The first-order valence-electron chi connectivity index (χ1n) is 6.63. The molecular formula is C15H23NO. The SMILES string of the molecule is COCc1ccccc1NC(C)CC1CCC1. The van der Waals surface area contributed by atoms with E-state index in [0.717, 1.165) is 5.92 Å². The number of methoxy groups -OCH3 is 1. The van der Waals surface area contributed by atoms with Gasteiger partial charge in [-0.25, -0.2) is 0 Å². The molecule has 0 heterocycles. The topological polar surface area (TPSA) is 21.3 Å². The summed E-state index contributed by atoms with van der Waals surface area (Å²) in [5, 5.41) is 3.61. The van der Waals surface area contributed by atoms with Gasteiger partial charge in [-0.3, -0.25) is 0 Å².